The van der Waals surface area contributed by atoms with Gasteiger partial charge in [-0.2, -0.15) is 0 Å². The maximum Gasteiger partial charge on any atom is 0.0594 e. The molecule has 0 bridgehead atoms. The summed E-state index contributed by atoms with van der Waals surface area (Å²) in [4.78, 5) is 5.14. The number of ether oxygens (including phenoxy) is 1. The third kappa shape index (κ3) is 7.62. The van der Waals surface area contributed by atoms with Gasteiger partial charge in [0.1, 0.15) is 0 Å². The first-order chi connectivity index (χ1) is 18.3. The Hall–Kier alpha value is -2.76. The Morgan fingerprint density at radius 2 is 1.35 bits per heavy atom. The predicted octanol–water partition coefficient (Wildman–Crippen LogP) is 5.42. The van der Waals surface area contributed by atoms with Crippen molar-refractivity contribution in [1.29, 1.82) is 0 Å². The summed E-state index contributed by atoms with van der Waals surface area (Å²) in [5, 5.41) is 3.67. The second-order valence-electron chi connectivity index (χ2n) is 10.3. The summed E-state index contributed by atoms with van der Waals surface area (Å²) < 4.78 is 5.46. The molecule has 5 rings (SSSR count). The van der Waals surface area contributed by atoms with E-state index >= 15 is 0 Å². The largest absolute Gasteiger partial charge is 0.379 e. The fraction of sp³-hybridized carbons (Fsp3) is 0.394. The third-order valence-electron chi connectivity index (χ3n) is 7.78. The van der Waals surface area contributed by atoms with E-state index in [4.69, 9.17) is 4.74 Å². The average Bonchev–Trinajstić information content (AvgIpc) is 2.97. The topological polar surface area (TPSA) is 27.7 Å². The van der Waals surface area contributed by atoms with Gasteiger partial charge in [-0.05, 0) is 35.1 Å². The lowest BCUT2D eigenvalue weighted by Crippen LogP contribution is -2.40. The Morgan fingerprint density at radius 1 is 0.730 bits per heavy atom. The van der Waals surface area contributed by atoms with Crippen LogP contribution >= 0.6 is 0 Å². The third-order valence-corrected chi connectivity index (χ3v) is 7.78. The fourth-order valence-electron chi connectivity index (χ4n) is 5.54. The molecule has 4 heteroatoms. The molecule has 194 valence electrons. The monoisotopic (exact) mass is 495 g/mol. The standard InChI is InChI=1S/C33H41N3O/c1-3-9-29(10-4-1)33(30-11-5-2-6-12-30)27-36-18-15-28(16-19-36)25-31-13-7-8-14-32(31)26-34-17-20-35-21-23-37-24-22-35/h1-14,25,33-34H,15-24,26-27H2. The first kappa shape index (κ1) is 25.9. The van der Waals surface area contributed by atoms with Crippen molar-refractivity contribution < 1.29 is 4.74 Å². The minimum absolute atomic E-state index is 0.414. The van der Waals surface area contributed by atoms with Crippen LogP contribution in [0.1, 0.15) is 41.0 Å². The number of nitrogens with zero attached hydrogens (tertiary/aromatic N) is 2. The number of piperidine rings is 1. The van der Waals surface area contributed by atoms with Gasteiger partial charge < -0.3 is 15.0 Å². The highest BCUT2D eigenvalue weighted by molar-refractivity contribution is 5.57. The van der Waals surface area contributed by atoms with Crippen molar-refractivity contribution in [2.24, 2.45) is 0 Å². The highest BCUT2D eigenvalue weighted by Crippen LogP contribution is 2.28. The summed E-state index contributed by atoms with van der Waals surface area (Å²) in [6.45, 7) is 10.2. The van der Waals surface area contributed by atoms with E-state index in [0.29, 0.717) is 5.92 Å². The maximum atomic E-state index is 5.46. The van der Waals surface area contributed by atoms with Crippen molar-refractivity contribution in [2.45, 2.75) is 25.3 Å². The average molecular weight is 496 g/mol. The zero-order valence-electron chi connectivity index (χ0n) is 22.0. The van der Waals surface area contributed by atoms with Crippen LogP contribution < -0.4 is 5.32 Å². The Kier molecular flexibility index (Phi) is 9.57. The summed E-state index contributed by atoms with van der Waals surface area (Å²) in [5.74, 6) is 0.414. The van der Waals surface area contributed by atoms with Gasteiger partial charge in [0, 0.05) is 58.3 Å². The first-order valence-corrected chi connectivity index (χ1v) is 14.0. The van der Waals surface area contributed by atoms with Gasteiger partial charge in [0.15, 0.2) is 0 Å². The Bertz CT molecular complexity index is 1060. The lowest BCUT2D eigenvalue weighted by atomic mass is 9.90. The normalized spacial score (nSPS) is 17.3. The van der Waals surface area contributed by atoms with Crippen LogP contribution in [0.25, 0.3) is 6.08 Å². The van der Waals surface area contributed by atoms with Crippen LogP contribution in [0.15, 0.2) is 90.5 Å². The molecule has 3 aromatic rings. The van der Waals surface area contributed by atoms with Crippen molar-refractivity contribution in [3.05, 3.63) is 113 Å². The molecule has 0 atom stereocenters. The number of benzene rings is 3. The van der Waals surface area contributed by atoms with Gasteiger partial charge in [0.25, 0.3) is 0 Å². The summed E-state index contributed by atoms with van der Waals surface area (Å²) in [6, 6.07) is 30.9. The minimum Gasteiger partial charge on any atom is -0.379 e. The molecule has 0 aromatic heterocycles. The van der Waals surface area contributed by atoms with Crippen LogP contribution in [0.3, 0.4) is 0 Å². The molecule has 2 heterocycles. The molecule has 2 aliphatic heterocycles. The molecule has 2 fully saturated rings. The number of hydrogen-bond acceptors (Lipinski definition) is 4. The number of nitrogens with one attached hydrogen (secondary N) is 1. The van der Waals surface area contributed by atoms with Gasteiger partial charge in [0.2, 0.25) is 0 Å². The van der Waals surface area contributed by atoms with Crippen molar-refractivity contribution in [3.63, 3.8) is 0 Å². The van der Waals surface area contributed by atoms with Crippen molar-refractivity contribution in [1.82, 2.24) is 15.1 Å². The van der Waals surface area contributed by atoms with E-state index in [1.807, 2.05) is 0 Å². The Labute approximate surface area is 223 Å². The molecule has 4 nitrogen and oxygen atoms in total. The smallest absolute Gasteiger partial charge is 0.0594 e. The molecule has 2 aliphatic rings. The molecular formula is C33H41N3O. The van der Waals surface area contributed by atoms with Crippen LogP contribution in [0.5, 0.6) is 0 Å². The molecule has 0 saturated carbocycles. The zero-order valence-corrected chi connectivity index (χ0v) is 22.0. The van der Waals surface area contributed by atoms with Crippen LogP contribution in [-0.4, -0.2) is 68.8 Å². The summed E-state index contributed by atoms with van der Waals surface area (Å²) in [7, 11) is 0. The van der Waals surface area contributed by atoms with Gasteiger partial charge in [-0.15, -0.1) is 0 Å². The molecule has 1 N–H and O–H groups in total. The SMILES string of the molecule is C(=C1CCN(CC(c2ccccc2)c2ccccc2)CC1)c1ccccc1CNCCN1CCOCC1. The second kappa shape index (κ2) is 13.7. The van der Waals surface area contributed by atoms with Crippen LogP contribution in [0, 0.1) is 0 Å². The summed E-state index contributed by atoms with van der Waals surface area (Å²) in [5.41, 5.74) is 7.16. The second-order valence-corrected chi connectivity index (χ2v) is 10.3. The molecule has 0 unspecified atom stereocenters. The minimum atomic E-state index is 0.414. The zero-order chi connectivity index (χ0) is 25.1. The maximum absolute atomic E-state index is 5.46. The van der Waals surface area contributed by atoms with Gasteiger partial charge in [-0.3, -0.25) is 4.90 Å². The van der Waals surface area contributed by atoms with E-state index in [-0.39, 0.29) is 0 Å². The fourth-order valence-corrected chi connectivity index (χ4v) is 5.54. The molecule has 37 heavy (non-hydrogen) atoms. The van der Waals surface area contributed by atoms with Crippen LogP contribution in [0.4, 0.5) is 0 Å². The predicted molar refractivity (Wildman–Crippen MR) is 154 cm³/mol. The van der Waals surface area contributed by atoms with Gasteiger partial charge in [-0.1, -0.05) is 96.6 Å². The van der Waals surface area contributed by atoms with Crippen LogP contribution in [0.2, 0.25) is 0 Å². The van der Waals surface area contributed by atoms with Crippen molar-refractivity contribution in [3.8, 4) is 0 Å². The van der Waals surface area contributed by atoms with E-state index in [1.165, 1.54) is 22.3 Å². The number of likely N-dealkylation sites (tertiary alicyclic amines) is 1. The lowest BCUT2D eigenvalue weighted by molar-refractivity contribution is 0.0384. The molecule has 0 amide bonds. The van der Waals surface area contributed by atoms with Gasteiger partial charge in [-0.25, -0.2) is 0 Å². The molecule has 0 spiro atoms. The summed E-state index contributed by atoms with van der Waals surface area (Å²) in [6.07, 6.45) is 4.76. The molecule has 2 saturated heterocycles. The highest BCUT2D eigenvalue weighted by atomic mass is 16.5. The van der Waals surface area contributed by atoms with Crippen molar-refractivity contribution >= 4 is 6.08 Å². The van der Waals surface area contributed by atoms with E-state index in [0.717, 1.165) is 78.4 Å². The van der Waals surface area contributed by atoms with E-state index in [1.54, 1.807) is 5.57 Å². The molecule has 3 aromatic carbocycles. The van der Waals surface area contributed by atoms with E-state index < -0.39 is 0 Å². The highest BCUT2D eigenvalue weighted by Gasteiger charge is 2.21. The molecule has 0 aliphatic carbocycles. The number of morpholine rings is 1. The van der Waals surface area contributed by atoms with Gasteiger partial charge >= 0.3 is 0 Å². The lowest BCUT2D eigenvalue weighted by Gasteiger charge is -2.32. The van der Waals surface area contributed by atoms with Crippen molar-refractivity contribution in [2.75, 3.05) is 59.0 Å². The Balaban J connectivity index is 1.16. The van der Waals surface area contributed by atoms with Gasteiger partial charge in [0.05, 0.1) is 13.2 Å². The van der Waals surface area contributed by atoms with E-state index in [2.05, 4.69) is 106 Å². The number of hydrogen-bond donors (Lipinski definition) is 1. The Morgan fingerprint density at radius 3 is 2.03 bits per heavy atom. The first-order valence-electron chi connectivity index (χ1n) is 14.0. The van der Waals surface area contributed by atoms with Crippen LogP contribution in [-0.2, 0) is 11.3 Å². The number of rotatable bonds is 10. The molecular weight excluding hydrogens is 454 g/mol. The quantitative estimate of drug-likeness (QED) is 0.380. The van der Waals surface area contributed by atoms with E-state index in [9.17, 15) is 0 Å². The summed E-state index contributed by atoms with van der Waals surface area (Å²) >= 11 is 0. The molecule has 0 radical (unpaired) electrons.